The molecule has 1 fully saturated rings. The number of aliphatic hydroxyl groups is 1. The second-order valence-corrected chi connectivity index (χ2v) is 6.91. The molecule has 1 heterocycles. The van der Waals surface area contributed by atoms with E-state index < -0.39 is 22.2 Å². The fourth-order valence-electron chi connectivity index (χ4n) is 2.16. The number of carbonyl (C=O) groups excluding carboxylic acids is 1. The van der Waals surface area contributed by atoms with E-state index >= 15 is 0 Å². The van der Waals surface area contributed by atoms with Crippen LogP contribution in [0.15, 0.2) is 23.1 Å². The molecule has 0 bridgehead atoms. The van der Waals surface area contributed by atoms with Crippen LogP contribution in [-0.2, 0) is 14.8 Å². The largest absolute Gasteiger partial charge is 0.392 e. The lowest BCUT2D eigenvalue weighted by molar-refractivity contribution is -0.117. The molecule has 1 aliphatic rings. The first-order chi connectivity index (χ1) is 9.83. The number of hydrogen-bond donors (Lipinski definition) is 4. The summed E-state index contributed by atoms with van der Waals surface area (Å²) in [5.74, 6) is -0.284. The average Bonchev–Trinajstić information content (AvgIpc) is 2.87. The minimum atomic E-state index is -3.56. The van der Waals surface area contributed by atoms with Crippen molar-refractivity contribution in [3.05, 3.63) is 23.8 Å². The maximum atomic E-state index is 12.1. The smallest absolute Gasteiger partial charge is 0.241 e. The third-order valence-electron chi connectivity index (χ3n) is 3.47. The quantitative estimate of drug-likeness (QED) is 0.603. The molecule has 2 rings (SSSR count). The molecule has 0 spiro atoms. The van der Waals surface area contributed by atoms with Crippen LogP contribution in [-0.4, -0.2) is 45.2 Å². The molecule has 116 valence electrons. The topological polar surface area (TPSA) is 108 Å². The standard InChI is InChI=1S/C13H19N3O4S/c1-8-3-4-10(21(19,20)14-2)6-11(8)16-13(18)12-5-9(17)7-15-12/h3-4,6,9,12,14-15,17H,5,7H2,1-2H3,(H,16,18). The van der Waals surface area contributed by atoms with Gasteiger partial charge in [0, 0.05) is 12.2 Å². The van der Waals surface area contributed by atoms with E-state index in [4.69, 9.17) is 0 Å². The van der Waals surface area contributed by atoms with Gasteiger partial charge < -0.3 is 15.7 Å². The fourth-order valence-corrected chi connectivity index (χ4v) is 2.91. The molecule has 1 aliphatic heterocycles. The number of anilines is 1. The first-order valence-electron chi connectivity index (χ1n) is 6.60. The number of carbonyl (C=O) groups is 1. The van der Waals surface area contributed by atoms with Gasteiger partial charge in [0.2, 0.25) is 15.9 Å². The Bertz CT molecular complexity index is 645. The first kappa shape index (κ1) is 15.9. The number of hydrogen-bond acceptors (Lipinski definition) is 5. The van der Waals surface area contributed by atoms with Gasteiger partial charge in [-0.1, -0.05) is 6.07 Å². The molecule has 4 N–H and O–H groups in total. The molecule has 21 heavy (non-hydrogen) atoms. The van der Waals surface area contributed by atoms with Crippen LogP contribution in [0.1, 0.15) is 12.0 Å². The molecule has 0 saturated carbocycles. The average molecular weight is 313 g/mol. The Hall–Kier alpha value is -1.48. The molecule has 1 aromatic carbocycles. The number of benzene rings is 1. The maximum absolute atomic E-state index is 12.1. The van der Waals surface area contributed by atoms with Crippen molar-refractivity contribution in [2.45, 2.75) is 30.4 Å². The molecule has 8 heteroatoms. The van der Waals surface area contributed by atoms with Crippen molar-refractivity contribution in [3.8, 4) is 0 Å². The van der Waals surface area contributed by atoms with Crippen molar-refractivity contribution in [1.82, 2.24) is 10.0 Å². The Morgan fingerprint density at radius 3 is 2.71 bits per heavy atom. The number of rotatable bonds is 4. The summed E-state index contributed by atoms with van der Waals surface area (Å²) in [5, 5.41) is 15.0. The number of β-amino-alcohol motifs (C(OH)–C–C–N with tert-alkyl or cyclic N) is 1. The summed E-state index contributed by atoms with van der Waals surface area (Å²) < 4.78 is 25.8. The molecule has 0 aliphatic carbocycles. The zero-order valence-electron chi connectivity index (χ0n) is 11.9. The number of amides is 1. The monoisotopic (exact) mass is 313 g/mol. The van der Waals surface area contributed by atoms with Gasteiger partial charge in [0.25, 0.3) is 0 Å². The van der Waals surface area contributed by atoms with E-state index in [1.54, 1.807) is 13.0 Å². The minimum Gasteiger partial charge on any atom is -0.392 e. The van der Waals surface area contributed by atoms with E-state index in [1.807, 2.05) is 0 Å². The van der Waals surface area contributed by atoms with Crippen LogP contribution in [0.5, 0.6) is 0 Å². The molecule has 1 aromatic rings. The number of aryl methyl sites for hydroxylation is 1. The number of nitrogens with one attached hydrogen (secondary N) is 3. The van der Waals surface area contributed by atoms with Crippen molar-refractivity contribution >= 4 is 21.6 Å². The predicted octanol–water partition coefficient (Wildman–Crippen LogP) is -0.436. The van der Waals surface area contributed by atoms with Crippen molar-refractivity contribution in [3.63, 3.8) is 0 Å². The molecule has 1 amide bonds. The van der Waals surface area contributed by atoms with E-state index in [0.717, 1.165) is 5.56 Å². The lowest BCUT2D eigenvalue weighted by Gasteiger charge is -2.14. The highest BCUT2D eigenvalue weighted by Crippen LogP contribution is 2.21. The van der Waals surface area contributed by atoms with Crippen LogP contribution in [0.4, 0.5) is 5.69 Å². The number of aliphatic hydroxyl groups excluding tert-OH is 1. The van der Waals surface area contributed by atoms with Crippen molar-refractivity contribution in [1.29, 1.82) is 0 Å². The lowest BCUT2D eigenvalue weighted by Crippen LogP contribution is -2.35. The Balaban J connectivity index is 2.20. The first-order valence-corrected chi connectivity index (χ1v) is 8.08. The van der Waals surface area contributed by atoms with Gasteiger partial charge in [-0.25, -0.2) is 13.1 Å². The SMILES string of the molecule is CNS(=O)(=O)c1ccc(C)c(NC(=O)C2CC(O)CN2)c1. The van der Waals surface area contributed by atoms with Crippen LogP contribution < -0.4 is 15.4 Å². The van der Waals surface area contributed by atoms with Crippen LogP contribution in [0.25, 0.3) is 0 Å². The summed E-state index contributed by atoms with van der Waals surface area (Å²) in [6.45, 7) is 2.16. The molecular weight excluding hydrogens is 294 g/mol. The molecular formula is C13H19N3O4S. The highest BCUT2D eigenvalue weighted by Gasteiger charge is 2.28. The Morgan fingerprint density at radius 2 is 2.14 bits per heavy atom. The van der Waals surface area contributed by atoms with E-state index in [1.165, 1.54) is 19.2 Å². The number of sulfonamides is 1. The van der Waals surface area contributed by atoms with E-state index in [2.05, 4.69) is 15.4 Å². The second-order valence-electron chi connectivity index (χ2n) is 5.02. The van der Waals surface area contributed by atoms with Crippen molar-refractivity contribution < 1.29 is 18.3 Å². The summed E-state index contributed by atoms with van der Waals surface area (Å²) in [7, 11) is -2.23. The van der Waals surface area contributed by atoms with Crippen molar-refractivity contribution in [2.75, 3.05) is 18.9 Å². The second kappa shape index (κ2) is 6.10. The summed E-state index contributed by atoms with van der Waals surface area (Å²) >= 11 is 0. The zero-order chi connectivity index (χ0) is 15.6. The van der Waals surface area contributed by atoms with Gasteiger partial charge in [-0.2, -0.15) is 0 Å². The summed E-state index contributed by atoms with van der Waals surface area (Å²) in [6, 6.07) is 4.07. The van der Waals surface area contributed by atoms with Crippen LogP contribution in [0, 0.1) is 6.92 Å². The highest BCUT2D eigenvalue weighted by atomic mass is 32.2. The van der Waals surface area contributed by atoms with E-state index in [-0.39, 0.29) is 10.8 Å². The summed E-state index contributed by atoms with van der Waals surface area (Å²) in [6.07, 6.45) is -0.183. The van der Waals surface area contributed by atoms with Gasteiger partial charge in [0.05, 0.1) is 17.0 Å². The molecule has 7 nitrogen and oxygen atoms in total. The van der Waals surface area contributed by atoms with Gasteiger partial charge in [-0.05, 0) is 38.1 Å². The van der Waals surface area contributed by atoms with Gasteiger partial charge in [-0.15, -0.1) is 0 Å². The van der Waals surface area contributed by atoms with Gasteiger partial charge in [0.15, 0.2) is 0 Å². The summed E-state index contributed by atoms with van der Waals surface area (Å²) in [5.41, 5.74) is 1.21. The normalized spacial score (nSPS) is 22.2. The minimum absolute atomic E-state index is 0.0883. The Morgan fingerprint density at radius 1 is 1.43 bits per heavy atom. The molecule has 0 radical (unpaired) electrons. The van der Waals surface area contributed by atoms with Gasteiger partial charge >= 0.3 is 0 Å². The molecule has 2 atom stereocenters. The van der Waals surface area contributed by atoms with Crippen molar-refractivity contribution in [2.24, 2.45) is 0 Å². The maximum Gasteiger partial charge on any atom is 0.241 e. The molecule has 2 unspecified atom stereocenters. The molecule has 1 saturated heterocycles. The Labute approximate surface area is 123 Å². The third kappa shape index (κ3) is 3.59. The van der Waals surface area contributed by atoms with E-state index in [0.29, 0.717) is 18.7 Å². The lowest BCUT2D eigenvalue weighted by atomic mass is 10.1. The van der Waals surface area contributed by atoms with Crippen LogP contribution in [0.3, 0.4) is 0 Å². The summed E-state index contributed by atoms with van der Waals surface area (Å²) in [4.78, 5) is 12.2. The zero-order valence-corrected chi connectivity index (χ0v) is 12.7. The van der Waals surface area contributed by atoms with Gasteiger partial charge in [0.1, 0.15) is 0 Å². The fraction of sp³-hybridized carbons (Fsp3) is 0.462. The Kier molecular flexibility index (Phi) is 4.62. The highest BCUT2D eigenvalue weighted by molar-refractivity contribution is 7.89. The van der Waals surface area contributed by atoms with E-state index in [9.17, 15) is 18.3 Å². The van der Waals surface area contributed by atoms with Gasteiger partial charge in [-0.3, -0.25) is 4.79 Å². The van der Waals surface area contributed by atoms with Crippen LogP contribution in [0.2, 0.25) is 0 Å². The molecule has 0 aromatic heterocycles. The predicted molar refractivity (Wildman–Crippen MR) is 78.5 cm³/mol. The van der Waals surface area contributed by atoms with Crippen LogP contribution >= 0.6 is 0 Å². The third-order valence-corrected chi connectivity index (χ3v) is 4.88.